The topological polar surface area (TPSA) is 87.3 Å². The molecule has 0 spiro atoms. The molecule has 0 unspecified atom stereocenters. The molecular weight excluding hydrogens is 356 g/mol. The van der Waals surface area contributed by atoms with E-state index >= 15 is 0 Å². The summed E-state index contributed by atoms with van der Waals surface area (Å²) in [5.41, 5.74) is 1.97. The summed E-state index contributed by atoms with van der Waals surface area (Å²) >= 11 is 0. The fourth-order valence-electron chi connectivity index (χ4n) is 4.62. The molecular formula is C21H26N4O3. The molecule has 1 aromatic carbocycles. The van der Waals surface area contributed by atoms with Gasteiger partial charge in [0.1, 0.15) is 11.6 Å². The summed E-state index contributed by atoms with van der Waals surface area (Å²) in [5, 5.41) is 3.45. The third-order valence-electron chi connectivity index (χ3n) is 6.01. The average molecular weight is 382 g/mol. The summed E-state index contributed by atoms with van der Waals surface area (Å²) in [6.07, 6.45) is 0.0774. The SMILES string of the molecule is COc1ccc([C@H]2[C@H]3CNC[C@H]3CN2C(=O)Cc2c(C)nc(C)[nH]c2=O)cc1. The lowest BCUT2D eigenvalue weighted by Gasteiger charge is -2.28. The molecule has 4 rings (SSSR count). The van der Waals surface area contributed by atoms with E-state index in [4.69, 9.17) is 4.74 Å². The Kier molecular flexibility index (Phi) is 4.93. The Morgan fingerprint density at radius 3 is 2.68 bits per heavy atom. The number of benzene rings is 1. The normalized spacial score (nSPS) is 23.7. The number of aryl methyl sites for hydroxylation is 2. The van der Waals surface area contributed by atoms with Crippen molar-refractivity contribution in [2.75, 3.05) is 26.7 Å². The Morgan fingerprint density at radius 1 is 1.25 bits per heavy atom. The van der Waals surface area contributed by atoms with Crippen LogP contribution in [0.5, 0.6) is 5.75 Å². The molecule has 0 saturated carbocycles. The first-order chi connectivity index (χ1) is 13.5. The number of nitrogens with one attached hydrogen (secondary N) is 2. The fourth-order valence-corrected chi connectivity index (χ4v) is 4.62. The first-order valence-electron chi connectivity index (χ1n) is 9.68. The number of ether oxygens (including phenoxy) is 1. The van der Waals surface area contributed by atoms with Gasteiger partial charge < -0.3 is 19.9 Å². The van der Waals surface area contributed by atoms with Gasteiger partial charge in [0.2, 0.25) is 5.91 Å². The lowest BCUT2D eigenvalue weighted by Crippen LogP contribution is -2.37. The minimum atomic E-state index is -0.222. The molecule has 0 aliphatic carbocycles. The van der Waals surface area contributed by atoms with Gasteiger partial charge in [0, 0.05) is 36.8 Å². The molecule has 2 aliphatic rings. The molecule has 148 valence electrons. The van der Waals surface area contributed by atoms with E-state index in [-0.39, 0.29) is 23.9 Å². The van der Waals surface area contributed by atoms with Gasteiger partial charge >= 0.3 is 0 Å². The zero-order valence-electron chi connectivity index (χ0n) is 16.5. The van der Waals surface area contributed by atoms with Gasteiger partial charge in [-0.25, -0.2) is 4.98 Å². The third kappa shape index (κ3) is 3.30. The Labute approximate surface area is 164 Å². The smallest absolute Gasteiger partial charge is 0.254 e. The second-order valence-electron chi connectivity index (χ2n) is 7.74. The van der Waals surface area contributed by atoms with E-state index in [1.54, 1.807) is 21.0 Å². The van der Waals surface area contributed by atoms with Gasteiger partial charge in [0.05, 0.1) is 19.6 Å². The van der Waals surface area contributed by atoms with Crippen LogP contribution in [0, 0.1) is 25.7 Å². The monoisotopic (exact) mass is 382 g/mol. The molecule has 3 atom stereocenters. The van der Waals surface area contributed by atoms with Gasteiger partial charge in [-0.3, -0.25) is 9.59 Å². The van der Waals surface area contributed by atoms with E-state index in [9.17, 15) is 9.59 Å². The van der Waals surface area contributed by atoms with Crippen molar-refractivity contribution in [3.05, 3.63) is 57.3 Å². The summed E-state index contributed by atoms with van der Waals surface area (Å²) in [4.78, 5) is 34.6. The van der Waals surface area contributed by atoms with E-state index in [1.807, 2.05) is 29.2 Å². The fraction of sp³-hybridized carbons (Fsp3) is 0.476. The second kappa shape index (κ2) is 7.39. The molecule has 1 aromatic heterocycles. The predicted molar refractivity (Wildman–Crippen MR) is 105 cm³/mol. The van der Waals surface area contributed by atoms with E-state index in [2.05, 4.69) is 15.3 Å². The third-order valence-corrected chi connectivity index (χ3v) is 6.01. The van der Waals surface area contributed by atoms with Gasteiger partial charge in [-0.2, -0.15) is 0 Å². The molecule has 0 radical (unpaired) electrons. The maximum atomic E-state index is 13.2. The van der Waals surface area contributed by atoms with Crippen LogP contribution in [-0.4, -0.2) is 47.5 Å². The summed E-state index contributed by atoms with van der Waals surface area (Å²) in [7, 11) is 1.65. The van der Waals surface area contributed by atoms with Gasteiger partial charge in [-0.05, 0) is 37.5 Å². The number of hydrogen-bond acceptors (Lipinski definition) is 5. The van der Waals surface area contributed by atoms with Crippen LogP contribution in [0.15, 0.2) is 29.1 Å². The van der Waals surface area contributed by atoms with E-state index in [0.29, 0.717) is 35.5 Å². The lowest BCUT2D eigenvalue weighted by molar-refractivity contribution is -0.132. The standard InChI is InChI=1S/C21H26N4O3/c1-12-17(21(27)24-13(2)23-12)8-19(26)25-11-15-9-22-10-18(15)20(25)14-4-6-16(28-3)7-5-14/h4-7,15,18,20,22H,8-11H2,1-3H3,(H,23,24,27)/t15-,18-,20-/m0/s1. The Morgan fingerprint density at radius 2 is 2.00 bits per heavy atom. The van der Waals surface area contributed by atoms with Crippen LogP contribution in [0.4, 0.5) is 0 Å². The van der Waals surface area contributed by atoms with Gasteiger partial charge in [0.25, 0.3) is 5.56 Å². The molecule has 2 N–H and O–H groups in total. The van der Waals surface area contributed by atoms with Gasteiger partial charge in [-0.15, -0.1) is 0 Å². The summed E-state index contributed by atoms with van der Waals surface area (Å²) in [6.45, 7) is 6.07. The quantitative estimate of drug-likeness (QED) is 0.834. The largest absolute Gasteiger partial charge is 0.497 e. The van der Waals surface area contributed by atoms with Crippen molar-refractivity contribution in [3.63, 3.8) is 0 Å². The number of nitrogens with zero attached hydrogens (tertiary/aromatic N) is 2. The number of amides is 1. The number of aromatic amines is 1. The number of carbonyl (C=O) groups is 1. The number of H-pyrrole nitrogens is 1. The van der Waals surface area contributed by atoms with Crippen LogP contribution in [0.2, 0.25) is 0 Å². The van der Waals surface area contributed by atoms with Crippen LogP contribution in [0.1, 0.15) is 28.7 Å². The number of aromatic nitrogens is 2. The van der Waals surface area contributed by atoms with E-state index < -0.39 is 0 Å². The second-order valence-corrected chi connectivity index (χ2v) is 7.74. The van der Waals surface area contributed by atoms with Gasteiger partial charge in [-0.1, -0.05) is 12.1 Å². The molecule has 2 saturated heterocycles. The maximum absolute atomic E-state index is 13.2. The highest BCUT2D eigenvalue weighted by Crippen LogP contribution is 2.43. The molecule has 28 heavy (non-hydrogen) atoms. The Balaban J connectivity index is 1.63. The maximum Gasteiger partial charge on any atom is 0.254 e. The molecule has 1 amide bonds. The number of rotatable bonds is 4. The summed E-state index contributed by atoms with van der Waals surface area (Å²) in [6, 6.07) is 7.96. The van der Waals surface area contributed by atoms with Gasteiger partial charge in [0.15, 0.2) is 0 Å². The summed E-state index contributed by atoms with van der Waals surface area (Å²) < 4.78 is 5.27. The van der Waals surface area contributed by atoms with Crippen molar-refractivity contribution >= 4 is 5.91 Å². The molecule has 3 heterocycles. The zero-order valence-corrected chi connectivity index (χ0v) is 16.5. The van der Waals surface area contributed by atoms with Crippen LogP contribution in [0.3, 0.4) is 0 Å². The Hall–Kier alpha value is -2.67. The van der Waals surface area contributed by atoms with Crippen molar-refractivity contribution in [1.82, 2.24) is 20.2 Å². The molecule has 7 nitrogen and oxygen atoms in total. The first kappa shape index (κ1) is 18.7. The van der Waals surface area contributed by atoms with Crippen LogP contribution in [-0.2, 0) is 11.2 Å². The van der Waals surface area contributed by atoms with Crippen molar-refractivity contribution in [3.8, 4) is 5.75 Å². The lowest BCUT2D eigenvalue weighted by atomic mass is 9.89. The molecule has 7 heteroatoms. The van der Waals surface area contributed by atoms with E-state index in [0.717, 1.165) is 24.4 Å². The van der Waals surface area contributed by atoms with Crippen LogP contribution in [0.25, 0.3) is 0 Å². The molecule has 2 fully saturated rings. The van der Waals surface area contributed by atoms with Crippen molar-refractivity contribution < 1.29 is 9.53 Å². The molecule has 2 aromatic rings. The van der Waals surface area contributed by atoms with Crippen LogP contribution < -0.4 is 15.6 Å². The highest BCUT2D eigenvalue weighted by atomic mass is 16.5. The van der Waals surface area contributed by atoms with E-state index in [1.165, 1.54) is 0 Å². The van der Waals surface area contributed by atoms with Crippen molar-refractivity contribution in [2.24, 2.45) is 11.8 Å². The predicted octanol–water partition coefficient (Wildman–Crippen LogP) is 1.36. The summed E-state index contributed by atoms with van der Waals surface area (Å²) in [5.74, 6) is 2.17. The van der Waals surface area contributed by atoms with Crippen molar-refractivity contribution in [1.29, 1.82) is 0 Å². The zero-order chi connectivity index (χ0) is 19.8. The number of carbonyl (C=O) groups excluding carboxylic acids is 1. The van der Waals surface area contributed by atoms with Crippen LogP contribution >= 0.6 is 0 Å². The molecule has 2 aliphatic heterocycles. The minimum Gasteiger partial charge on any atom is -0.497 e. The minimum absolute atomic E-state index is 0.0104. The first-order valence-corrected chi connectivity index (χ1v) is 9.68. The van der Waals surface area contributed by atoms with Crippen molar-refractivity contribution in [2.45, 2.75) is 26.3 Å². The number of hydrogen-bond donors (Lipinski definition) is 2. The average Bonchev–Trinajstić information content (AvgIpc) is 3.25. The molecule has 0 bridgehead atoms. The highest BCUT2D eigenvalue weighted by Gasteiger charge is 2.46. The number of likely N-dealkylation sites (tertiary alicyclic amines) is 1. The highest BCUT2D eigenvalue weighted by molar-refractivity contribution is 5.80. The Bertz CT molecular complexity index is 938. The number of fused-ring (bicyclic) bond motifs is 1. The number of methoxy groups -OCH3 is 1.